The van der Waals surface area contributed by atoms with Crippen molar-refractivity contribution in [2.24, 2.45) is 0 Å². The number of rotatable bonds is 6. The highest BCUT2D eigenvalue weighted by atomic mass is 79.9. The first-order chi connectivity index (χ1) is 10.1. The maximum Gasteiger partial charge on any atom is 0.224 e. The number of halogens is 1. The van der Waals surface area contributed by atoms with Gasteiger partial charge in [-0.2, -0.15) is 4.98 Å². The first kappa shape index (κ1) is 15.8. The lowest BCUT2D eigenvalue weighted by molar-refractivity contribution is 0.458. The molecule has 0 bridgehead atoms. The zero-order valence-electron chi connectivity index (χ0n) is 12.6. The van der Waals surface area contributed by atoms with Crippen LogP contribution in [0.3, 0.4) is 0 Å². The second-order valence-corrected chi connectivity index (χ2v) is 5.66. The number of aryl methyl sites for hydroxylation is 2. The number of ether oxygens (including phenoxy) is 1. The second-order valence-electron chi connectivity index (χ2n) is 4.80. The van der Waals surface area contributed by atoms with Crippen molar-refractivity contribution >= 4 is 21.7 Å². The Morgan fingerprint density at radius 3 is 2.67 bits per heavy atom. The summed E-state index contributed by atoms with van der Waals surface area (Å²) in [6.45, 7) is 7.07. The molecule has 1 heterocycles. The van der Waals surface area contributed by atoms with Crippen molar-refractivity contribution < 1.29 is 4.74 Å². The number of aromatic nitrogens is 2. The first-order valence-electron chi connectivity index (χ1n) is 7.18. The molecule has 0 fully saturated rings. The topological polar surface area (TPSA) is 47.0 Å². The minimum atomic E-state index is 0.571. The average molecular weight is 350 g/mol. The van der Waals surface area contributed by atoms with Gasteiger partial charge in [0.1, 0.15) is 17.4 Å². The third kappa shape index (κ3) is 4.43. The van der Waals surface area contributed by atoms with Gasteiger partial charge in [0.05, 0.1) is 0 Å². The summed E-state index contributed by atoms with van der Waals surface area (Å²) >= 11 is 3.49. The molecule has 1 N–H and O–H groups in total. The van der Waals surface area contributed by atoms with Crippen molar-refractivity contribution in [3.63, 3.8) is 0 Å². The standard InChI is InChI=1S/C16H20BrN3O/c1-4-8-18-15-10-16(20-14(5-2)19-15)21-12-6-7-13(17)11(3)9-12/h6-7,9-10H,4-5,8H2,1-3H3,(H,18,19,20). The van der Waals surface area contributed by atoms with Crippen LogP contribution < -0.4 is 10.1 Å². The number of hydrogen-bond donors (Lipinski definition) is 1. The zero-order chi connectivity index (χ0) is 15.2. The molecule has 5 heteroatoms. The fourth-order valence-electron chi connectivity index (χ4n) is 1.83. The highest BCUT2D eigenvalue weighted by Crippen LogP contribution is 2.26. The van der Waals surface area contributed by atoms with Gasteiger partial charge in [0.2, 0.25) is 5.88 Å². The molecular weight excluding hydrogens is 330 g/mol. The molecule has 0 atom stereocenters. The predicted molar refractivity (Wildman–Crippen MR) is 89.1 cm³/mol. The molecule has 0 saturated carbocycles. The number of nitrogens with one attached hydrogen (secondary N) is 1. The zero-order valence-corrected chi connectivity index (χ0v) is 14.2. The normalized spacial score (nSPS) is 10.5. The van der Waals surface area contributed by atoms with E-state index in [0.717, 1.165) is 46.8 Å². The van der Waals surface area contributed by atoms with E-state index < -0.39 is 0 Å². The minimum absolute atomic E-state index is 0.571. The SMILES string of the molecule is CCCNc1cc(Oc2ccc(Br)c(C)c2)nc(CC)n1. The van der Waals surface area contributed by atoms with Gasteiger partial charge >= 0.3 is 0 Å². The maximum absolute atomic E-state index is 5.87. The minimum Gasteiger partial charge on any atom is -0.439 e. The Hall–Kier alpha value is -1.62. The number of benzene rings is 1. The molecule has 0 spiro atoms. The predicted octanol–water partition coefficient (Wildman–Crippen LogP) is 4.72. The summed E-state index contributed by atoms with van der Waals surface area (Å²) in [5, 5.41) is 3.28. The maximum atomic E-state index is 5.87. The highest BCUT2D eigenvalue weighted by molar-refractivity contribution is 9.10. The molecule has 112 valence electrons. The highest BCUT2D eigenvalue weighted by Gasteiger charge is 2.06. The van der Waals surface area contributed by atoms with Gasteiger partial charge in [0.25, 0.3) is 0 Å². The summed E-state index contributed by atoms with van der Waals surface area (Å²) in [5.74, 6) is 2.94. The summed E-state index contributed by atoms with van der Waals surface area (Å²) in [7, 11) is 0. The van der Waals surface area contributed by atoms with Gasteiger partial charge in [0.15, 0.2) is 0 Å². The molecule has 0 saturated heterocycles. The van der Waals surface area contributed by atoms with Crippen molar-refractivity contribution in [3.8, 4) is 11.6 Å². The van der Waals surface area contributed by atoms with Crippen LogP contribution in [0.25, 0.3) is 0 Å². The average Bonchev–Trinajstić information content (AvgIpc) is 2.48. The second kappa shape index (κ2) is 7.41. The van der Waals surface area contributed by atoms with Crippen LogP contribution in [0.2, 0.25) is 0 Å². The largest absolute Gasteiger partial charge is 0.439 e. The Balaban J connectivity index is 2.23. The molecule has 2 aromatic rings. The van der Waals surface area contributed by atoms with Crippen LogP contribution in [-0.2, 0) is 6.42 Å². The van der Waals surface area contributed by atoms with Crippen LogP contribution >= 0.6 is 15.9 Å². The van der Waals surface area contributed by atoms with Crippen LogP contribution in [0.15, 0.2) is 28.7 Å². The Kier molecular flexibility index (Phi) is 5.56. The first-order valence-corrected chi connectivity index (χ1v) is 7.97. The van der Waals surface area contributed by atoms with Crippen molar-refractivity contribution in [1.82, 2.24) is 9.97 Å². The molecule has 2 rings (SSSR count). The van der Waals surface area contributed by atoms with Crippen molar-refractivity contribution in [2.75, 3.05) is 11.9 Å². The van der Waals surface area contributed by atoms with Gasteiger partial charge in [0, 0.05) is 23.5 Å². The molecular formula is C16H20BrN3O. The van der Waals surface area contributed by atoms with E-state index in [1.54, 1.807) is 0 Å². The van der Waals surface area contributed by atoms with E-state index in [2.05, 4.69) is 38.1 Å². The quantitative estimate of drug-likeness (QED) is 0.819. The molecule has 4 nitrogen and oxygen atoms in total. The van der Waals surface area contributed by atoms with E-state index in [9.17, 15) is 0 Å². The molecule has 0 aliphatic rings. The van der Waals surface area contributed by atoms with E-state index in [0.29, 0.717) is 5.88 Å². The van der Waals surface area contributed by atoms with Gasteiger partial charge < -0.3 is 10.1 Å². The third-order valence-corrected chi connectivity index (χ3v) is 3.86. The fourth-order valence-corrected chi connectivity index (χ4v) is 2.07. The lowest BCUT2D eigenvalue weighted by atomic mass is 10.2. The van der Waals surface area contributed by atoms with E-state index in [-0.39, 0.29) is 0 Å². The number of hydrogen-bond acceptors (Lipinski definition) is 4. The lowest BCUT2D eigenvalue weighted by Crippen LogP contribution is -2.05. The van der Waals surface area contributed by atoms with E-state index >= 15 is 0 Å². The van der Waals surface area contributed by atoms with Crippen LogP contribution in [0.5, 0.6) is 11.6 Å². The summed E-state index contributed by atoms with van der Waals surface area (Å²) in [5.41, 5.74) is 1.13. The van der Waals surface area contributed by atoms with Gasteiger partial charge in [-0.1, -0.05) is 29.8 Å². The van der Waals surface area contributed by atoms with E-state index in [1.165, 1.54) is 0 Å². The molecule has 1 aromatic heterocycles. The molecule has 0 amide bonds. The van der Waals surface area contributed by atoms with Gasteiger partial charge in [-0.3, -0.25) is 0 Å². The summed E-state index contributed by atoms with van der Waals surface area (Å²) in [6.07, 6.45) is 1.82. The van der Waals surface area contributed by atoms with Gasteiger partial charge in [-0.15, -0.1) is 0 Å². The number of nitrogens with zero attached hydrogens (tertiary/aromatic N) is 2. The Labute approximate surface area is 134 Å². The van der Waals surface area contributed by atoms with E-state index in [4.69, 9.17) is 4.74 Å². The Morgan fingerprint density at radius 2 is 2.00 bits per heavy atom. The van der Waals surface area contributed by atoms with E-state index in [1.807, 2.05) is 38.1 Å². The van der Waals surface area contributed by atoms with Crippen LogP contribution in [0.1, 0.15) is 31.7 Å². The molecule has 1 aromatic carbocycles. The number of anilines is 1. The molecule has 0 radical (unpaired) electrons. The van der Waals surface area contributed by atoms with Gasteiger partial charge in [-0.25, -0.2) is 4.98 Å². The van der Waals surface area contributed by atoms with Gasteiger partial charge in [-0.05, 0) is 37.1 Å². The molecule has 0 aliphatic carbocycles. The molecule has 0 aliphatic heterocycles. The van der Waals surface area contributed by atoms with Crippen LogP contribution in [-0.4, -0.2) is 16.5 Å². The Bertz CT molecular complexity index is 616. The van der Waals surface area contributed by atoms with Crippen LogP contribution in [0, 0.1) is 6.92 Å². The lowest BCUT2D eigenvalue weighted by Gasteiger charge is -2.10. The van der Waals surface area contributed by atoms with Crippen LogP contribution in [0.4, 0.5) is 5.82 Å². The summed E-state index contributed by atoms with van der Waals surface area (Å²) < 4.78 is 6.93. The fraction of sp³-hybridized carbons (Fsp3) is 0.375. The van der Waals surface area contributed by atoms with Crippen molar-refractivity contribution in [1.29, 1.82) is 0 Å². The van der Waals surface area contributed by atoms with Crippen molar-refractivity contribution in [2.45, 2.75) is 33.6 Å². The summed E-state index contributed by atoms with van der Waals surface area (Å²) in [4.78, 5) is 8.88. The molecule has 0 unspecified atom stereocenters. The third-order valence-electron chi connectivity index (χ3n) is 2.97. The molecule has 21 heavy (non-hydrogen) atoms. The van der Waals surface area contributed by atoms with Crippen molar-refractivity contribution in [3.05, 3.63) is 40.1 Å². The monoisotopic (exact) mass is 349 g/mol. The Morgan fingerprint density at radius 1 is 1.19 bits per heavy atom. The summed E-state index contributed by atoms with van der Waals surface area (Å²) in [6, 6.07) is 7.72. The smallest absolute Gasteiger partial charge is 0.224 e.